The van der Waals surface area contributed by atoms with Crippen LogP contribution in [0.3, 0.4) is 0 Å². The van der Waals surface area contributed by atoms with E-state index in [-0.39, 0.29) is 6.42 Å². The van der Waals surface area contributed by atoms with Crippen molar-refractivity contribution < 1.29 is 24.1 Å². The zero-order chi connectivity index (χ0) is 22.4. The van der Waals surface area contributed by atoms with E-state index in [1.54, 1.807) is 0 Å². The second-order valence-electron chi connectivity index (χ2n) is 8.26. The summed E-state index contributed by atoms with van der Waals surface area (Å²) in [7, 11) is 0. The summed E-state index contributed by atoms with van der Waals surface area (Å²) in [5.41, 5.74) is 5.74. The van der Waals surface area contributed by atoms with Crippen molar-refractivity contribution in [1.82, 2.24) is 0 Å². The lowest BCUT2D eigenvalue weighted by Crippen LogP contribution is -2.31. The third kappa shape index (κ3) is 5.47. The van der Waals surface area contributed by atoms with Crippen molar-refractivity contribution in [2.24, 2.45) is 0 Å². The van der Waals surface area contributed by atoms with Crippen LogP contribution in [0.2, 0.25) is 0 Å². The summed E-state index contributed by atoms with van der Waals surface area (Å²) in [5, 5.41) is 8.92. The van der Waals surface area contributed by atoms with Gasteiger partial charge in [-0.15, -0.1) is 0 Å². The lowest BCUT2D eigenvalue weighted by Gasteiger charge is -2.30. The standard InChI is InChI=1S/C27H30O5/c1-2-21(8-11-26(28)29)22-6-9-25(10-7-22)30-19-20-4-3-5-24(18-20)23-12-14-27(15-13-23)31-16-17-32-27/h2-7,9-10,12,18H,8,11,13-17,19H2,1H3,(H,28,29). The SMILES string of the molecule is CC=C(CCC(=O)O)c1ccc(OCc2cccc(C3=CCC4(CC3)OCCO4)c2)cc1. The van der Waals surface area contributed by atoms with Gasteiger partial charge >= 0.3 is 5.97 Å². The van der Waals surface area contributed by atoms with Crippen LogP contribution < -0.4 is 4.74 Å². The normalized spacial score (nSPS) is 17.9. The first-order valence-electron chi connectivity index (χ1n) is 11.2. The molecule has 0 atom stereocenters. The number of benzene rings is 2. The number of carboxylic acids is 1. The first-order valence-corrected chi connectivity index (χ1v) is 11.2. The van der Waals surface area contributed by atoms with E-state index in [1.165, 1.54) is 11.1 Å². The zero-order valence-electron chi connectivity index (χ0n) is 18.5. The van der Waals surface area contributed by atoms with Gasteiger partial charge in [-0.2, -0.15) is 0 Å². The molecule has 2 aliphatic rings. The monoisotopic (exact) mass is 434 g/mol. The Labute approximate surface area is 189 Å². The van der Waals surface area contributed by atoms with Crippen molar-refractivity contribution in [3.05, 3.63) is 77.4 Å². The Morgan fingerprint density at radius 1 is 1.12 bits per heavy atom. The molecule has 1 aliphatic heterocycles. The molecule has 1 N–H and O–H groups in total. The number of aliphatic carboxylic acids is 1. The van der Waals surface area contributed by atoms with Crippen LogP contribution in [-0.2, 0) is 20.9 Å². The Morgan fingerprint density at radius 2 is 1.91 bits per heavy atom. The minimum absolute atomic E-state index is 0.131. The minimum Gasteiger partial charge on any atom is -0.489 e. The molecule has 5 heteroatoms. The maximum absolute atomic E-state index is 10.8. The third-order valence-corrected chi connectivity index (χ3v) is 6.13. The number of hydrogen-bond donors (Lipinski definition) is 1. The molecule has 0 bridgehead atoms. The fraction of sp³-hybridized carbons (Fsp3) is 0.370. The molecule has 0 saturated carbocycles. The molecule has 0 amide bonds. The maximum Gasteiger partial charge on any atom is 0.303 e. The van der Waals surface area contributed by atoms with Crippen LogP contribution in [0.15, 0.2) is 60.7 Å². The maximum atomic E-state index is 10.8. The average molecular weight is 435 g/mol. The van der Waals surface area contributed by atoms with Crippen molar-refractivity contribution in [2.75, 3.05) is 13.2 Å². The van der Waals surface area contributed by atoms with Crippen LogP contribution in [0.4, 0.5) is 0 Å². The van der Waals surface area contributed by atoms with E-state index in [0.717, 1.165) is 41.7 Å². The van der Waals surface area contributed by atoms with Gasteiger partial charge in [-0.3, -0.25) is 4.79 Å². The number of hydrogen-bond acceptors (Lipinski definition) is 4. The molecule has 2 aromatic rings. The molecule has 168 valence electrons. The lowest BCUT2D eigenvalue weighted by atomic mass is 9.89. The molecule has 1 spiro atoms. The number of allylic oxidation sites excluding steroid dienone is 3. The summed E-state index contributed by atoms with van der Waals surface area (Å²) in [6, 6.07) is 16.3. The average Bonchev–Trinajstić information content (AvgIpc) is 3.27. The summed E-state index contributed by atoms with van der Waals surface area (Å²) < 4.78 is 17.6. The highest BCUT2D eigenvalue weighted by atomic mass is 16.7. The van der Waals surface area contributed by atoms with Crippen molar-refractivity contribution in [2.45, 2.75) is 51.4 Å². The summed E-state index contributed by atoms with van der Waals surface area (Å²) in [6.07, 6.45) is 7.51. The van der Waals surface area contributed by atoms with Gasteiger partial charge < -0.3 is 19.3 Å². The van der Waals surface area contributed by atoms with Gasteiger partial charge in [0.2, 0.25) is 0 Å². The van der Waals surface area contributed by atoms with Gasteiger partial charge in [0.15, 0.2) is 5.79 Å². The Kier molecular flexibility index (Phi) is 7.08. The predicted molar refractivity (Wildman–Crippen MR) is 124 cm³/mol. The summed E-state index contributed by atoms with van der Waals surface area (Å²) in [4.78, 5) is 10.8. The fourth-order valence-corrected chi connectivity index (χ4v) is 4.32. The lowest BCUT2D eigenvalue weighted by molar-refractivity contribution is -0.159. The van der Waals surface area contributed by atoms with Crippen LogP contribution in [0.5, 0.6) is 5.75 Å². The van der Waals surface area contributed by atoms with Crippen molar-refractivity contribution in [3.8, 4) is 5.75 Å². The second kappa shape index (κ2) is 10.2. The van der Waals surface area contributed by atoms with Crippen LogP contribution in [-0.4, -0.2) is 30.1 Å². The van der Waals surface area contributed by atoms with Gasteiger partial charge in [0.1, 0.15) is 12.4 Å². The van der Waals surface area contributed by atoms with E-state index in [9.17, 15) is 4.79 Å². The van der Waals surface area contributed by atoms with Gasteiger partial charge in [0.05, 0.1) is 13.2 Å². The van der Waals surface area contributed by atoms with Crippen LogP contribution in [0.25, 0.3) is 11.1 Å². The van der Waals surface area contributed by atoms with E-state index in [4.69, 9.17) is 19.3 Å². The topological polar surface area (TPSA) is 65.0 Å². The van der Waals surface area contributed by atoms with E-state index in [2.05, 4.69) is 30.3 Å². The molecule has 2 aromatic carbocycles. The highest BCUT2D eigenvalue weighted by Gasteiger charge is 2.37. The van der Waals surface area contributed by atoms with E-state index in [1.807, 2.05) is 37.3 Å². The van der Waals surface area contributed by atoms with Gasteiger partial charge in [-0.1, -0.05) is 42.5 Å². The molecule has 32 heavy (non-hydrogen) atoms. The first kappa shape index (κ1) is 22.3. The quantitative estimate of drug-likeness (QED) is 0.565. The summed E-state index contributed by atoms with van der Waals surface area (Å²) >= 11 is 0. The Bertz CT molecular complexity index is 997. The Hall–Kier alpha value is -2.89. The van der Waals surface area contributed by atoms with Gasteiger partial charge in [-0.25, -0.2) is 0 Å². The summed E-state index contributed by atoms with van der Waals surface area (Å²) in [6.45, 7) is 3.81. The van der Waals surface area contributed by atoms with Gasteiger partial charge in [0.25, 0.3) is 0 Å². The number of carboxylic acid groups (broad SMARTS) is 1. The zero-order valence-corrected chi connectivity index (χ0v) is 18.5. The number of carbonyl (C=O) groups is 1. The molecule has 1 aliphatic carbocycles. The third-order valence-electron chi connectivity index (χ3n) is 6.13. The van der Waals surface area contributed by atoms with E-state index in [0.29, 0.717) is 26.2 Å². The van der Waals surface area contributed by atoms with E-state index < -0.39 is 11.8 Å². The van der Waals surface area contributed by atoms with Crippen LogP contribution in [0.1, 0.15) is 55.7 Å². The molecule has 0 unspecified atom stereocenters. The Balaban J connectivity index is 1.35. The molecule has 1 heterocycles. The minimum atomic E-state index is -0.782. The molecule has 0 aromatic heterocycles. The Morgan fingerprint density at radius 3 is 2.56 bits per heavy atom. The molecule has 1 fully saturated rings. The van der Waals surface area contributed by atoms with Gasteiger partial charge in [-0.05, 0) is 65.8 Å². The largest absolute Gasteiger partial charge is 0.489 e. The van der Waals surface area contributed by atoms with Crippen molar-refractivity contribution in [1.29, 1.82) is 0 Å². The van der Waals surface area contributed by atoms with Crippen molar-refractivity contribution >= 4 is 17.1 Å². The molecule has 4 rings (SSSR count). The predicted octanol–water partition coefficient (Wildman–Crippen LogP) is 5.84. The van der Waals surface area contributed by atoms with Crippen LogP contribution in [0, 0.1) is 0 Å². The number of rotatable bonds is 8. The molecule has 0 radical (unpaired) electrons. The fourth-order valence-electron chi connectivity index (χ4n) is 4.32. The van der Waals surface area contributed by atoms with Crippen molar-refractivity contribution in [3.63, 3.8) is 0 Å². The van der Waals surface area contributed by atoms with Crippen LogP contribution >= 0.6 is 0 Å². The molecule has 1 saturated heterocycles. The first-order chi connectivity index (χ1) is 15.6. The highest BCUT2D eigenvalue weighted by molar-refractivity contribution is 5.73. The molecule has 5 nitrogen and oxygen atoms in total. The second-order valence-corrected chi connectivity index (χ2v) is 8.26. The van der Waals surface area contributed by atoms with Gasteiger partial charge in [0, 0.05) is 19.3 Å². The molecular weight excluding hydrogens is 404 g/mol. The smallest absolute Gasteiger partial charge is 0.303 e. The number of ether oxygens (including phenoxy) is 3. The highest BCUT2D eigenvalue weighted by Crippen LogP contribution is 2.38. The van der Waals surface area contributed by atoms with E-state index >= 15 is 0 Å². The summed E-state index contributed by atoms with van der Waals surface area (Å²) in [5.74, 6) is -0.381. The molecular formula is C27H30O5.